The molecule has 0 aliphatic carbocycles. The molecule has 0 unspecified atom stereocenters. The zero-order valence-corrected chi connectivity index (χ0v) is 15.7. The van der Waals surface area contributed by atoms with Gasteiger partial charge in [-0.25, -0.2) is 13.1 Å². The van der Waals surface area contributed by atoms with Crippen molar-refractivity contribution in [2.75, 3.05) is 11.9 Å². The number of hydrogen-bond donors (Lipinski definition) is 2. The highest BCUT2D eigenvalue weighted by molar-refractivity contribution is 7.89. The van der Waals surface area contributed by atoms with Crippen LogP contribution < -0.4 is 10.0 Å². The molecule has 6 heteroatoms. The van der Waals surface area contributed by atoms with E-state index in [1.54, 1.807) is 25.1 Å². The lowest BCUT2D eigenvalue weighted by molar-refractivity contribution is 0.102. The van der Waals surface area contributed by atoms with Gasteiger partial charge < -0.3 is 5.32 Å². The highest BCUT2D eigenvalue weighted by Crippen LogP contribution is 2.24. The van der Waals surface area contributed by atoms with E-state index in [0.29, 0.717) is 17.8 Å². The van der Waals surface area contributed by atoms with Crippen LogP contribution in [0.4, 0.5) is 5.69 Å². The fourth-order valence-electron chi connectivity index (χ4n) is 2.74. The first-order valence-corrected chi connectivity index (χ1v) is 10.0. The third-order valence-electron chi connectivity index (χ3n) is 4.01. The average molecular weight is 380 g/mol. The van der Waals surface area contributed by atoms with Crippen molar-refractivity contribution < 1.29 is 13.2 Å². The summed E-state index contributed by atoms with van der Waals surface area (Å²) in [4.78, 5) is 12.9. The molecule has 0 spiro atoms. The molecule has 0 aliphatic heterocycles. The molecule has 0 saturated carbocycles. The van der Waals surface area contributed by atoms with Gasteiger partial charge in [0.05, 0.1) is 4.90 Å². The maximum Gasteiger partial charge on any atom is 0.256 e. The van der Waals surface area contributed by atoms with Gasteiger partial charge >= 0.3 is 0 Å². The second-order valence-corrected chi connectivity index (χ2v) is 7.66. The largest absolute Gasteiger partial charge is 0.322 e. The van der Waals surface area contributed by atoms with Crippen LogP contribution in [0.25, 0.3) is 11.1 Å². The molecular formula is C21H20N2O3S. The van der Waals surface area contributed by atoms with E-state index in [1.165, 1.54) is 12.1 Å². The van der Waals surface area contributed by atoms with Crippen LogP contribution in [-0.4, -0.2) is 20.9 Å². The van der Waals surface area contributed by atoms with Gasteiger partial charge in [-0.3, -0.25) is 4.79 Å². The summed E-state index contributed by atoms with van der Waals surface area (Å²) in [5, 5.41) is 2.82. The minimum absolute atomic E-state index is 0.159. The second kappa shape index (κ2) is 8.16. The lowest BCUT2D eigenvalue weighted by Gasteiger charge is -2.11. The molecule has 5 nitrogen and oxygen atoms in total. The predicted octanol–water partition coefficient (Wildman–Crippen LogP) is 3.90. The maximum absolute atomic E-state index is 12.8. The Kier molecular flexibility index (Phi) is 5.69. The predicted molar refractivity (Wildman–Crippen MR) is 107 cm³/mol. The van der Waals surface area contributed by atoms with E-state index in [4.69, 9.17) is 0 Å². The summed E-state index contributed by atoms with van der Waals surface area (Å²) >= 11 is 0. The number of benzene rings is 3. The molecule has 0 fully saturated rings. The first kappa shape index (κ1) is 18.8. The Bertz CT molecular complexity index is 1030. The number of carbonyl (C=O) groups is 1. The summed E-state index contributed by atoms with van der Waals surface area (Å²) in [6.45, 7) is 2.04. The van der Waals surface area contributed by atoms with Crippen molar-refractivity contribution in [3.63, 3.8) is 0 Å². The maximum atomic E-state index is 12.8. The van der Waals surface area contributed by atoms with Gasteiger partial charge in [0.2, 0.25) is 10.0 Å². The Labute approximate surface area is 159 Å². The number of carbonyl (C=O) groups excluding carboxylic acids is 1. The Morgan fingerprint density at radius 1 is 0.852 bits per heavy atom. The third kappa shape index (κ3) is 4.42. The first-order chi connectivity index (χ1) is 13.0. The SMILES string of the molecule is CCNS(=O)(=O)c1ccc(NC(=O)c2ccccc2-c2ccccc2)cc1. The molecule has 0 aliphatic rings. The molecule has 0 saturated heterocycles. The molecule has 138 valence electrons. The standard InChI is InChI=1S/C21H20N2O3S/c1-2-22-27(25,26)18-14-12-17(13-15-18)23-21(24)20-11-7-6-10-19(20)16-8-4-3-5-9-16/h3-15,22H,2H2,1H3,(H,23,24). The zero-order chi connectivity index (χ0) is 19.3. The molecular weight excluding hydrogens is 360 g/mol. The Morgan fingerprint density at radius 3 is 2.15 bits per heavy atom. The molecule has 3 rings (SSSR count). The van der Waals surface area contributed by atoms with Crippen molar-refractivity contribution in [1.82, 2.24) is 4.72 Å². The van der Waals surface area contributed by atoms with Crippen LogP contribution in [0.2, 0.25) is 0 Å². The van der Waals surface area contributed by atoms with Crippen LogP contribution in [0.15, 0.2) is 83.8 Å². The quantitative estimate of drug-likeness (QED) is 0.681. The number of amides is 1. The molecule has 3 aromatic rings. The second-order valence-electron chi connectivity index (χ2n) is 5.89. The van der Waals surface area contributed by atoms with E-state index in [-0.39, 0.29) is 10.8 Å². The first-order valence-electron chi connectivity index (χ1n) is 8.57. The highest BCUT2D eigenvalue weighted by Gasteiger charge is 2.14. The van der Waals surface area contributed by atoms with Crippen molar-refractivity contribution in [3.05, 3.63) is 84.4 Å². The third-order valence-corrected chi connectivity index (χ3v) is 5.57. The van der Waals surface area contributed by atoms with Crippen LogP contribution in [0.5, 0.6) is 0 Å². The lowest BCUT2D eigenvalue weighted by atomic mass is 9.99. The Morgan fingerprint density at radius 2 is 1.48 bits per heavy atom. The molecule has 0 bridgehead atoms. The van der Waals surface area contributed by atoms with E-state index in [9.17, 15) is 13.2 Å². The topological polar surface area (TPSA) is 75.3 Å². The summed E-state index contributed by atoms with van der Waals surface area (Å²) in [6, 6.07) is 23.1. The van der Waals surface area contributed by atoms with Crippen molar-refractivity contribution in [1.29, 1.82) is 0 Å². The average Bonchev–Trinajstić information content (AvgIpc) is 2.69. The van der Waals surface area contributed by atoms with E-state index >= 15 is 0 Å². The summed E-state index contributed by atoms with van der Waals surface area (Å²) in [7, 11) is -3.51. The van der Waals surface area contributed by atoms with Crippen molar-refractivity contribution in [3.8, 4) is 11.1 Å². The van der Waals surface area contributed by atoms with Gasteiger partial charge in [-0.05, 0) is 41.5 Å². The van der Waals surface area contributed by atoms with Crippen molar-refractivity contribution >= 4 is 21.6 Å². The smallest absolute Gasteiger partial charge is 0.256 e. The van der Waals surface area contributed by atoms with Gasteiger partial charge in [0.15, 0.2) is 0 Å². The number of hydrogen-bond acceptors (Lipinski definition) is 3. The number of rotatable bonds is 6. The van der Waals surface area contributed by atoms with Crippen LogP contribution in [0.1, 0.15) is 17.3 Å². The molecule has 1 amide bonds. The van der Waals surface area contributed by atoms with Gasteiger partial charge in [0, 0.05) is 17.8 Å². The Balaban J connectivity index is 1.83. The minimum atomic E-state index is -3.51. The monoisotopic (exact) mass is 380 g/mol. The molecule has 27 heavy (non-hydrogen) atoms. The summed E-state index contributed by atoms with van der Waals surface area (Å²) in [5.74, 6) is -0.253. The summed E-state index contributed by atoms with van der Waals surface area (Å²) in [6.07, 6.45) is 0. The molecule has 3 aromatic carbocycles. The summed E-state index contributed by atoms with van der Waals surface area (Å²) in [5.41, 5.74) is 2.86. The Hall–Kier alpha value is -2.96. The van der Waals surface area contributed by atoms with E-state index in [0.717, 1.165) is 11.1 Å². The fourth-order valence-corrected chi connectivity index (χ4v) is 3.78. The van der Waals surface area contributed by atoms with E-state index < -0.39 is 10.0 Å². The number of nitrogens with one attached hydrogen (secondary N) is 2. The van der Waals surface area contributed by atoms with Crippen molar-refractivity contribution in [2.24, 2.45) is 0 Å². The zero-order valence-electron chi connectivity index (χ0n) is 14.8. The molecule has 0 aromatic heterocycles. The molecule has 0 radical (unpaired) electrons. The van der Waals surface area contributed by atoms with Gasteiger partial charge in [-0.2, -0.15) is 0 Å². The number of anilines is 1. The lowest BCUT2D eigenvalue weighted by Crippen LogP contribution is -2.23. The van der Waals surface area contributed by atoms with Crippen LogP contribution in [0, 0.1) is 0 Å². The molecule has 0 heterocycles. The van der Waals surface area contributed by atoms with Gasteiger partial charge in [0.25, 0.3) is 5.91 Å². The van der Waals surface area contributed by atoms with E-state index in [2.05, 4.69) is 10.0 Å². The van der Waals surface area contributed by atoms with Crippen molar-refractivity contribution in [2.45, 2.75) is 11.8 Å². The normalized spacial score (nSPS) is 11.1. The summed E-state index contributed by atoms with van der Waals surface area (Å²) < 4.78 is 26.4. The van der Waals surface area contributed by atoms with Gasteiger partial charge in [-0.15, -0.1) is 0 Å². The van der Waals surface area contributed by atoms with Gasteiger partial charge in [-0.1, -0.05) is 55.5 Å². The molecule has 2 N–H and O–H groups in total. The van der Waals surface area contributed by atoms with Crippen LogP contribution >= 0.6 is 0 Å². The van der Waals surface area contributed by atoms with Crippen LogP contribution in [-0.2, 0) is 10.0 Å². The molecule has 0 atom stereocenters. The van der Waals surface area contributed by atoms with Crippen LogP contribution in [0.3, 0.4) is 0 Å². The highest BCUT2D eigenvalue weighted by atomic mass is 32.2. The number of sulfonamides is 1. The minimum Gasteiger partial charge on any atom is -0.322 e. The van der Waals surface area contributed by atoms with E-state index in [1.807, 2.05) is 48.5 Å². The fraction of sp³-hybridized carbons (Fsp3) is 0.0952. The van der Waals surface area contributed by atoms with Gasteiger partial charge in [0.1, 0.15) is 0 Å².